The van der Waals surface area contributed by atoms with E-state index in [4.69, 9.17) is 0 Å². The third-order valence-corrected chi connectivity index (χ3v) is 1.67. The van der Waals surface area contributed by atoms with Crippen LogP contribution in [0.1, 0.15) is 20.3 Å². The van der Waals surface area contributed by atoms with Gasteiger partial charge in [-0.05, 0) is 13.8 Å². The van der Waals surface area contributed by atoms with Crippen LogP contribution in [0.5, 0.6) is 0 Å². The van der Waals surface area contributed by atoms with Gasteiger partial charge in [-0.15, -0.1) is 0 Å². The molecule has 1 aliphatic rings. The summed E-state index contributed by atoms with van der Waals surface area (Å²) in [7, 11) is 0. The molecule has 0 unspecified atom stereocenters. The maximum absolute atomic E-state index is 11.3. The average Bonchev–Trinajstić information content (AvgIpc) is 2.34. The first-order valence-electron chi connectivity index (χ1n) is 4.42. The van der Waals surface area contributed by atoms with Crippen molar-refractivity contribution in [3.63, 3.8) is 0 Å². The first kappa shape index (κ1) is 10.1. The Bertz CT molecular complexity index is 220. The van der Waals surface area contributed by atoms with Gasteiger partial charge >= 0.3 is 0 Å². The lowest BCUT2D eigenvalue weighted by atomic mass is 10.0. The minimum Gasteiger partial charge on any atom is -0.390 e. The Balaban J connectivity index is 2.45. The number of allylic oxidation sites excluding steroid dienone is 1. The van der Waals surface area contributed by atoms with Gasteiger partial charge in [0.1, 0.15) is 5.82 Å². The lowest BCUT2D eigenvalue weighted by Crippen LogP contribution is -2.23. The van der Waals surface area contributed by atoms with Gasteiger partial charge < -0.3 is 15.7 Å². The van der Waals surface area contributed by atoms with Crippen molar-refractivity contribution in [2.24, 2.45) is 0 Å². The van der Waals surface area contributed by atoms with Crippen molar-refractivity contribution in [2.45, 2.75) is 25.9 Å². The van der Waals surface area contributed by atoms with E-state index in [0.29, 0.717) is 0 Å². The van der Waals surface area contributed by atoms with Gasteiger partial charge in [0.15, 0.2) is 5.78 Å². The smallest absolute Gasteiger partial charge is 0.162 e. The molecule has 4 nitrogen and oxygen atoms in total. The van der Waals surface area contributed by atoms with Crippen molar-refractivity contribution in [3.8, 4) is 0 Å². The van der Waals surface area contributed by atoms with Gasteiger partial charge in [0.05, 0.1) is 5.60 Å². The third-order valence-electron chi connectivity index (χ3n) is 1.67. The van der Waals surface area contributed by atoms with Crippen LogP contribution in [0.15, 0.2) is 11.9 Å². The first-order valence-corrected chi connectivity index (χ1v) is 4.42. The zero-order chi connectivity index (χ0) is 9.90. The molecule has 0 aromatic heterocycles. The highest BCUT2D eigenvalue weighted by atomic mass is 16.3. The highest BCUT2D eigenvalue weighted by Gasteiger charge is 2.17. The molecule has 0 spiro atoms. The molecule has 0 amide bonds. The van der Waals surface area contributed by atoms with Crippen molar-refractivity contribution in [3.05, 3.63) is 11.9 Å². The molecule has 13 heavy (non-hydrogen) atoms. The van der Waals surface area contributed by atoms with Crippen LogP contribution in [0.4, 0.5) is 0 Å². The lowest BCUT2D eigenvalue weighted by Gasteiger charge is -2.14. The van der Waals surface area contributed by atoms with Gasteiger partial charge in [-0.25, -0.2) is 0 Å². The molecule has 4 heteroatoms. The Hall–Kier alpha value is -1.03. The summed E-state index contributed by atoms with van der Waals surface area (Å²) in [6.07, 6.45) is 1.66. The Morgan fingerprint density at radius 3 is 2.54 bits per heavy atom. The highest BCUT2D eigenvalue weighted by Crippen LogP contribution is 2.08. The molecule has 0 aliphatic carbocycles. The van der Waals surface area contributed by atoms with Gasteiger partial charge in [0.25, 0.3) is 0 Å². The standard InChI is InChI=1S/C9H16N2O2/c1-9(2,13)6-7(12)5-8-10-3-4-11-8/h5,10-11,13H,3-4,6H2,1-2H3. The predicted octanol–water partition coefficient (Wildman–Crippen LogP) is -0.249. The molecule has 74 valence electrons. The first-order chi connectivity index (χ1) is 5.97. The summed E-state index contributed by atoms with van der Waals surface area (Å²) in [5, 5.41) is 15.4. The fourth-order valence-electron chi connectivity index (χ4n) is 1.20. The molecule has 1 heterocycles. The van der Waals surface area contributed by atoms with E-state index in [9.17, 15) is 9.90 Å². The molecule has 0 aromatic rings. The molecule has 0 bridgehead atoms. The number of carbonyl (C=O) groups is 1. The summed E-state index contributed by atoms with van der Waals surface area (Å²) >= 11 is 0. The number of hydrogen-bond acceptors (Lipinski definition) is 4. The topological polar surface area (TPSA) is 61.4 Å². The second-order valence-electron chi connectivity index (χ2n) is 3.87. The van der Waals surface area contributed by atoms with Crippen LogP contribution >= 0.6 is 0 Å². The summed E-state index contributed by atoms with van der Waals surface area (Å²) in [4.78, 5) is 11.3. The monoisotopic (exact) mass is 184 g/mol. The number of rotatable bonds is 3. The molecule has 1 aliphatic heterocycles. The van der Waals surface area contributed by atoms with E-state index in [-0.39, 0.29) is 12.2 Å². The molecule has 1 fully saturated rings. The van der Waals surface area contributed by atoms with Gasteiger partial charge in [-0.2, -0.15) is 0 Å². The van der Waals surface area contributed by atoms with Crippen molar-refractivity contribution in [1.29, 1.82) is 0 Å². The van der Waals surface area contributed by atoms with Gasteiger partial charge in [0, 0.05) is 25.6 Å². The second-order valence-corrected chi connectivity index (χ2v) is 3.87. The third kappa shape index (κ3) is 3.94. The molecular formula is C9H16N2O2. The summed E-state index contributed by atoms with van der Waals surface area (Å²) in [5.74, 6) is 0.693. The molecule has 3 N–H and O–H groups in total. The number of nitrogens with one attached hydrogen (secondary N) is 2. The van der Waals surface area contributed by atoms with Crippen molar-refractivity contribution in [1.82, 2.24) is 10.6 Å². The van der Waals surface area contributed by atoms with Crippen molar-refractivity contribution >= 4 is 5.78 Å². The molecule has 0 saturated carbocycles. The van der Waals surface area contributed by atoms with Crippen LogP contribution < -0.4 is 10.6 Å². The Morgan fingerprint density at radius 1 is 1.54 bits per heavy atom. The van der Waals surface area contributed by atoms with E-state index >= 15 is 0 Å². The molecule has 1 rings (SSSR count). The minimum atomic E-state index is -0.924. The maximum Gasteiger partial charge on any atom is 0.162 e. The number of aliphatic hydroxyl groups is 1. The molecule has 0 aromatic carbocycles. The van der Waals surface area contributed by atoms with E-state index in [0.717, 1.165) is 18.9 Å². The maximum atomic E-state index is 11.3. The normalized spacial score (nSPS) is 16.4. The van der Waals surface area contributed by atoms with Crippen LogP contribution in [-0.4, -0.2) is 29.6 Å². The highest BCUT2D eigenvalue weighted by molar-refractivity contribution is 5.90. The zero-order valence-electron chi connectivity index (χ0n) is 8.05. The molecular weight excluding hydrogens is 168 g/mol. The van der Waals surface area contributed by atoms with E-state index < -0.39 is 5.60 Å². The number of hydrogen-bond donors (Lipinski definition) is 3. The van der Waals surface area contributed by atoms with E-state index in [1.54, 1.807) is 13.8 Å². The van der Waals surface area contributed by atoms with E-state index in [1.165, 1.54) is 6.08 Å². The zero-order valence-corrected chi connectivity index (χ0v) is 8.05. The van der Waals surface area contributed by atoms with Crippen LogP contribution in [-0.2, 0) is 4.79 Å². The van der Waals surface area contributed by atoms with Crippen LogP contribution in [0.2, 0.25) is 0 Å². The van der Waals surface area contributed by atoms with E-state index in [2.05, 4.69) is 10.6 Å². The SMILES string of the molecule is CC(C)(O)CC(=O)C=C1NCCN1. The van der Waals surface area contributed by atoms with Crippen LogP contribution in [0, 0.1) is 0 Å². The summed E-state index contributed by atoms with van der Waals surface area (Å²) in [6, 6.07) is 0. The minimum absolute atomic E-state index is 0.0654. The number of ketones is 1. The molecule has 0 radical (unpaired) electrons. The second kappa shape index (κ2) is 3.79. The van der Waals surface area contributed by atoms with Crippen molar-refractivity contribution < 1.29 is 9.90 Å². The van der Waals surface area contributed by atoms with Gasteiger partial charge in [0.2, 0.25) is 0 Å². The van der Waals surface area contributed by atoms with Crippen LogP contribution in [0.3, 0.4) is 0 Å². The Labute approximate surface area is 78.0 Å². The fraction of sp³-hybridized carbons (Fsp3) is 0.667. The Morgan fingerprint density at radius 2 is 2.08 bits per heavy atom. The van der Waals surface area contributed by atoms with E-state index in [1.807, 2.05) is 0 Å². The predicted molar refractivity (Wildman–Crippen MR) is 50.0 cm³/mol. The quantitative estimate of drug-likeness (QED) is 0.529. The van der Waals surface area contributed by atoms with Gasteiger partial charge in [-0.3, -0.25) is 4.79 Å². The summed E-state index contributed by atoms with van der Waals surface area (Å²) in [5.41, 5.74) is -0.924. The summed E-state index contributed by atoms with van der Waals surface area (Å²) in [6.45, 7) is 4.95. The van der Waals surface area contributed by atoms with Crippen LogP contribution in [0.25, 0.3) is 0 Å². The largest absolute Gasteiger partial charge is 0.390 e. The van der Waals surface area contributed by atoms with Crippen molar-refractivity contribution in [2.75, 3.05) is 13.1 Å². The molecule has 0 atom stereocenters. The average molecular weight is 184 g/mol. The Kier molecular flexibility index (Phi) is 2.93. The summed E-state index contributed by atoms with van der Waals surface area (Å²) < 4.78 is 0. The van der Waals surface area contributed by atoms with Gasteiger partial charge in [-0.1, -0.05) is 0 Å². The lowest BCUT2D eigenvalue weighted by molar-refractivity contribution is -0.118. The number of carbonyl (C=O) groups excluding carboxylic acids is 1. The fourth-order valence-corrected chi connectivity index (χ4v) is 1.20. The molecule has 1 saturated heterocycles.